The predicted octanol–water partition coefficient (Wildman–Crippen LogP) is 4.05. The zero-order valence-electron chi connectivity index (χ0n) is 38.9. The van der Waals surface area contributed by atoms with Crippen molar-refractivity contribution < 1.29 is 33.8 Å². The Balaban J connectivity index is 1.79. The maximum atomic E-state index is 14.4. The van der Waals surface area contributed by atoms with Gasteiger partial charge in [0.05, 0.1) is 48.7 Å². The van der Waals surface area contributed by atoms with Crippen LogP contribution in [0.1, 0.15) is 85.3 Å². The van der Waals surface area contributed by atoms with Crippen molar-refractivity contribution in [3.8, 4) is 0 Å². The monoisotopic (exact) mass is 852 g/mol. The summed E-state index contributed by atoms with van der Waals surface area (Å²) in [4.78, 5) is 61.9. The van der Waals surface area contributed by atoms with Crippen LogP contribution in [0.2, 0.25) is 0 Å². The Labute approximate surface area is 365 Å². The fourth-order valence-electron chi connectivity index (χ4n) is 8.91. The first-order chi connectivity index (χ1) is 28.9. The van der Waals surface area contributed by atoms with Crippen molar-refractivity contribution in [3.63, 3.8) is 0 Å². The van der Waals surface area contributed by atoms with Gasteiger partial charge in [-0.2, -0.15) is 0 Å². The number of benzene rings is 2. The van der Waals surface area contributed by atoms with Gasteiger partial charge in [0.1, 0.15) is 12.3 Å². The normalized spacial score (nSPS) is 18.8. The molecule has 0 spiro atoms. The number of rotatable bonds is 24. The molecule has 14 nitrogen and oxygen atoms in total. The topological polar surface area (TPSA) is 179 Å². The summed E-state index contributed by atoms with van der Waals surface area (Å²) in [5.74, 6) is -1.74. The van der Waals surface area contributed by atoms with E-state index in [0.717, 1.165) is 24.0 Å². The van der Waals surface area contributed by atoms with Crippen LogP contribution >= 0.6 is 0 Å². The Morgan fingerprint density at radius 2 is 1.51 bits per heavy atom. The molecule has 14 heteroatoms. The zero-order chi connectivity index (χ0) is 45.6. The number of likely N-dealkylation sites (N-methyl/N-ethyl adjacent to an activating group) is 2. The first-order valence-electron chi connectivity index (χ1n) is 22.0. The second-order valence-electron chi connectivity index (χ2n) is 17.8. The number of nitrogens with one attached hydrogen (secondary N) is 3. The van der Waals surface area contributed by atoms with Crippen molar-refractivity contribution in [2.24, 2.45) is 23.7 Å². The number of likely N-dealkylation sites (tertiary alicyclic amines) is 1. The van der Waals surface area contributed by atoms with E-state index in [1.807, 2.05) is 89.2 Å². The second kappa shape index (κ2) is 24.5. The molecule has 2 aromatic carbocycles. The molecule has 0 aliphatic carbocycles. The Morgan fingerprint density at radius 1 is 0.869 bits per heavy atom. The van der Waals surface area contributed by atoms with Gasteiger partial charge in [-0.1, -0.05) is 97.4 Å². The van der Waals surface area contributed by atoms with Gasteiger partial charge in [-0.25, -0.2) is 0 Å². The van der Waals surface area contributed by atoms with Crippen molar-refractivity contribution in [2.75, 3.05) is 47.6 Å². The molecule has 0 radical (unpaired) electrons. The third-order valence-electron chi connectivity index (χ3n) is 12.5. The van der Waals surface area contributed by atoms with Crippen LogP contribution in [0.4, 0.5) is 5.69 Å². The molecule has 1 heterocycles. The predicted molar refractivity (Wildman–Crippen MR) is 241 cm³/mol. The van der Waals surface area contributed by atoms with Crippen molar-refractivity contribution in [3.05, 3.63) is 65.7 Å². The molecule has 3 rings (SSSR count). The first-order valence-corrected chi connectivity index (χ1v) is 22.0. The van der Waals surface area contributed by atoms with Gasteiger partial charge >= 0.3 is 0 Å². The number of hydrogen-bond acceptors (Lipinski definition) is 10. The van der Waals surface area contributed by atoms with Crippen LogP contribution < -0.4 is 21.7 Å². The fraction of sp³-hybridized carbons (Fsp3) is 0.660. The lowest BCUT2D eigenvalue weighted by atomic mass is 9.89. The highest BCUT2D eigenvalue weighted by Crippen LogP contribution is 2.30. The number of methoxy groups -OCH3 is 2. The van der Waals surface area contributed by atoms with Gasteiger partial charge in [-0.05, 0) is 68.0 Å². The first kappa shape index (κ1) is 51.3. The smallest absolute Gasteiger partial charge is 0.243 e. The Bertz CT molecular complexity index is 1650. The minimum atomic E-state index is -0.945. The Kier molecular flexibility index (Phi) is 20.6. The van der Waals surface area contributed by atoms with Crippen molar-refractivity contribution in [2.45, 2.75) is 136 Å². The summed E-state index contributed by atoms with van der Waals surface area (Å²) in [6.45, 7) is 14.6. The third kappa shape index (κ3) is 14.2. The lowest BCUT2D eigenvalue weighted by Gasteiger charge is -2.42. The molecule has 1 unspecified atom stereocenters. The number of anilines is 1. The standard InChI is InChI=1S/C47H77N7O7/c1-13-31(6)42(53(10)47(59)40(29(2)3)51-46(58)41(30(4)5)52(8)9)38(60-11)27-39(55)54-25-17-20-37(54)43(61-12)32(7)44(56)50-36(26-33-18-15-14-16-19-33)45(57)49-28-34-21-23-35(48)24-22-34/h14-16,18-19,21-24,29-32,36-38,40-43,46,51,58H,13,17,20,25-28,48H2,1-12H3,(H,49,57)(H,50,56)/t31-,32+,36-,37-,38+,40-,41-,42-,43+,46?/m0/s1. The second-order valence-corrected chi connectivity index (χ2v) is 17.8. The summed E-state index contributed by atoms with van der Waals surface area (Å²) in [5.41, 5.74) is 8.24. The van der Waals surface area contributed by atoms with Gasteiger partial charge in [0.2, 0.25) is 23.6 Å². The quantitative estimate of drug-likeness (QED) is 0.0765. The van der Waals surface area contributed by atoms with Gasteiger partial charge < -0.3 is 45.6 Å². The molecule has 4 amide bonds. The number of nitrogens with zero attached hydrogens (tertiary/aromatic N) is 3. The summed E-state index contributed by atoms with van der Waals surface area (Å²) in [7, 11) is 8.70. The van der Waals surface area contributed by atoms with Crippen LogP contribution in [0.5, 0.6) is 0 Å². The molecule has 0 saturated carbocycles. The largest absolute Gasteiger partial charge is 0.399 e. The number of carbonyl (C=O) groups is 4. The van der Waals surface area contributed by atoms with E-state index >= 15 is 0 Å². The Morgan fingerprint density at radius 3 is 2.05 bits per heavy atom. The number of ether oxygens (including phenoxy) is 2. The maximum Gasteiger partial charge on any atom is 0.243 e. The van der Waals surface area contributed by atoms with Crippen LogP contribution in [0.3, 0.4) is 0 Å². The summed E-state index contributed by atoms with van der Waals surface area (Å²) in [6.07, 6.45) is 0.177. The zero-order valence-corrected chi connectivity index (χ0v) is 38.9. The molecule has 6 N–H and O–H groups in total. The van der Waals surface area contributed by atoms with E-state index in [-0.39, 0.29) is 66.8 Å². The lowest BCUT2D eigenvalue weighted by Crippen LogP contribution is -2.61. The molecule has 0 bridgehead atoms. The summed E-state index contributed by atoms with van der Waals surface area (Å²) in [6, 6.07) is 14.2. The van der Waals surface area contributed by atoms with Crippen molar-refractivity contribution >= 4 is 29.3 Å². The van der Waals surface area contributed by atoms with E-state index in [0.29, 0.717) is 18.7 Å². The summed E-state index contributed by atoms with van der Waals surface area (Å²) >= 11 is 0. The van der Waals surface area contributed by atoms with Gasteiger partial charge in [0.25, 0.3) is 0 Å². The number of nitrogens with two attached hydrogens (primary N) is 1. The molecular formula is C47H77N7O7. The molecule has 61 heavy (non-hydrogen) atoms. The van der Waals surface area contributed by atoms with Gasteiger partial charge in [0, 0.05) is 46.5 Å². The van der Waals surface area contributed by atoms with E-state index in [4.69, 9.17) is 15.2 Å². The van der Waals surface area contributed by atoms with Crippen LogP contribution in [0, 0.1) is 23.7 Å². The molecule has 1 aliphatic heterocycles. The van der Waals surface area contributed by atoms with E-state index in [1.165, 1.54) is 0 Å². The van der Waals surface area contributed by atoms with E-state index in [9.17, 15) is 24.3 Å². The number of aliphatic hydroxyl groups excluding tert-OH is 1. The van der Waals surface area contributed by atoms with Crippen LogP contribution in [0.25, 0.3) is 0 Å². The third-order valence-corrected chi connectivity index (χ3v) is 12.5. The fourth-order valence-corrected chi connectivity index (χ4v) is 8.91. The average molecular weight is 852 g/mol. The van der Waals surface area contributed by atoms with E-state index < -0.39 is 48.5 Å². The van der Waals surface area contributed by atoms with Crippen molar-refractivity contribution in [1.82, 2.24) is 30.7 Å². The maximum absolute atomic E-state index is 14.4. The van der Waals surface area contributed by atoms with Gasteiger partial charge in [-0.3, -0.25) is 24.5 Å². The van der Waals surface area contributed by atoms with E-state index in [1.54, 1.807) is 50.1 Å². The van der Waals surface area contributed by atoms with Crippen LogP contribution in [-0.4, -0.2) is 134 Å². The highest BCUT2D eigenvalue weighted by atomic mass is 16.5. The van der Waals surface area contributed by atoms with Gasteiger partial charge in [-0.15, -0.1) is 0 Å². The minimum absolute atomic E-state index is 0.0163. The number of amides is 4. The molecule has 2 aromatic rings. The van der Waals surface area contributed by atoms with Crippen LogP contribution in [0.15, 0.2) is 54.6 Å². The molecule has 1 fully saturated rings. The molecular weight excluding hydrogens is 775 g/mol. The summed E-state index contributed by atoms with van der Waals surface area (Å²) in [5, 5.41) is 20.5. The lowest BCUT2D eigenvalue weighted by molar-refractivity contribution is -0.148. The van der Waals surface area contributed by atoms with Gasteiger partial charge in [0.15, 0.2) is 0 Å². The Hall–Kier alpha value is -4.08. The number of aliphatic hydroxyl groups is 1. The molecule has 1 saturated heterocycles. The summed E-state index contributed by atoms with van der Waals surface area (Å²) < 4.78 is 12.1. The number of nitrogen functional groups attached to an aromatic ring is 1. The highest BCUT2D eigenvalue weighted by molar-refractivity contribution is 5.89. The minimum Gasteiger partial charge on any atom is -0.399 e. The number of hydrogen-bond donors (Lipinski definition) is 5. The SMILES string of the molecule is CC[C@H](C)[C@@H]([C@@H](CC(=O)N1CCC[C@H]1[C@H](OC)[C@@H](C)C(=O)N[C@@H](Cc1ccccc1)C(=O)NCc1ccc(N)cc1)OC)N(C)C(=O)[C@@H](NC(O)[C@H](C(C)C)N(C)C)C(C)C. The van der Waals surface area contributed by atoms with Crippen LogP contribution in [-0.2, 0) is 41.6 Å². The van der Waals surface area contributed by atoms with Crippen molar-refractivity contribution in [1.29, 1.82) is 0 Å². The van der Waals surface area contributed by atoms with E-state index in [2.05, 4.69) is 29.8 Å². The average Bonchev–Trinajstić information content (AvgIpc) is 3.71. The molecule has 10 atom stereocenters. The number of carbonyl (C=O) groups excluding carboxylic acids is 4. The molecule has 1 aliphatic rings. The highest BCUT2D eigenvalue weighted by Gasteiger charge is 2.43. The molecule has 342 valence electrons. The molecule has 0 aromatic heterocycles.